The zero-order valence-corrected chi connectivity index (χ0v) is 16.9. The van der Waals surface area contributed by atoms with Crippen LogP contribution in [0.15, 0.2) is 59.5 Å². The third-order valence-corrected chi connectivity index (χ3v) is 5.70. The van der Waals surface area contributed by atoms with Crippen LogP contribution in [0.1, 0.15) is 19.4 Å². The van der Waals surface area contributed by atoms with Crippen LogP contribution >= 0.6 is 0 Å². The van der Waals surface area contributed by atoms with Gasteiger partial charge in [-0.1, -0.05) is 42.5 Å². The van der Waals surface area contributed by atoms with E-state index in [1.54, 1.807) is 0 Å². The third-order valence-electron chi connectivity index (χ3n) is 4.81. The van der Waals surface area contributed by atoms with E-state index < -0.39 is 21.2 Å². The Morgan fingerprint density at radius 1 is 1.00 bits per heavy atom. The molecule has 154 valence electrons. The molecule has 0 amide bonds. The van der Waals surface area contributed by atoms with Crippen molar-refractivity contribution in [1.82, 2.24) is 0 Å². The molecule has 0 saturated heterocycles. The average molecular weight is 432 g/mol. The molecule has 0 unspecified atom stereocenters. The summed E-state index contributed by atoms with van der Waals surface area (Å²) >= 11 is 0. The molecule has 9 heteroatoms. The van der Waals surface area contributed by atoms with Gasteiger partial charge in [0.2, 0.25) is 0 Å². The molecule has 0 atom stereocenters. The Balaban J connectivity index is 0.00000420. The van der Waals surface area contributed by atoms with E-state index in [0.717, 1.165) is 30.2 Å². The van der Waals surface area contributed by atoms with Crippen molar-refractivity contribution in [2.24, 2.45) is 0 Å². The third kappa shape index (κ3) is 7.73. The van der Waals surface area contributed by atoms with Gasteiger partial charge in [0.15, 0.2) is 5.75 Å². The molecular weight excluding hydrogens is 405 g/mol. The van der Waals surface area contributed by atoms with Gasteiger partial charge in [0, 0.05) is 5.56 Å². The van der Waals surface area contributed by atoms with E-state index >= 15 is 0 Å². The second-order valence-electron chi connectivity index (χ2n) is 6.46. The summed E-state index contributed by atoms with van der Waals surface area (Å²) in [4.78, 5) is 11.5. The molecule has 0 bridgehead atoms. The van der Waals surface area contributed by atoms with E-state index in [-0.39, 0.29) is 41.9 Å². The quantitative estimate of drug-likeness (QED) is 0.215. The maximum absolute atomic E-state index is 12.0. The van der Waals surface area contributed by atoms with Crippen LogP contribution in [0.3, 0.4) is 0 Å². The van der Waals surface area contributed by atoms with Crippen LogP contribution < -0.4 is 4.74 Å². The molecule has 0 aliphatic rings. The van der Waals surface area contributed by atoms with Crippen LogP contribution in [0.4, 0.5) is 4.79 Å². The van der Waals surface area contributed by atoms with Gasteiger partial charge in [-0.15, -0.1) is 0 Å². The van der Waals surface area contributed by atoms with Gasteiger partial charge in [-0.05, 0) is 26.0 Å². The van der Waals surface area contributed by atoms with E-state index in [1.165, 1.54) is 23.8 Å². The molecule has 0 aliphatic carbocycles. The van der Waals surface area contributed by atoms with Gasteiger partial charge in [0.1, 0.15) is 24.6 Å². The van der Waals surface area contributed by atoms with Gasteiger partial charge in [-0.25, -0.2) is 4.79 Å². The summed E-state index contributed by atoms with van der Waals surface area (Å²) in [5, 5.41) is 0. The molecular formula is C20H27NNaO6S+. The Morgan fingerprint density at radius 3 is 2.17 bits per heavy atom. The fourth-order valence-electron chi connectivity index (χ4n) is 3.00. The van der Waals surface area contributed by atoms with Gasteiger partial charge in [0.05, 0.1) is 13.1 Å². The Bertz CT molecular complexity index is 885. The molecule has 0 heterocycles. The predicted molar refractivity (Wildman–Crippen MR) is 112 cm³/mol. The van der Waals surface area contributed by atoms with Crippen molar-refractivity contribution >= 4 is 45.8 Å². The number of hydrogen-bond donors (Lipinski definition) is 1. The number of carbonyl (C=O) groups excluding carboxylic acids is 1. The van der Waals surface area contributed by atoms with E-state index in [2.05, 4.69) is 26.0 Å². The molecule has 1 N–H and O–H groups in total. The number of para-hydroxylation sites is 1. The van der Waals surface area contributed by atoms with Gasteiger partial charge in [0.25, 0.3) is 10.1 Å². The Kier molecular flexibility index (Phi) is 10.3. The number of quaternary nitrogens is 1. The molecule has 0 spiro atoms. The zero-order valence-electron chi connectivity index (χ0n) is 16.1. The van der Waals surface area contributed by atoms with Crippen molar-refractivity contribution in [2.45, 2.75) is 25.3 Å². The fraction of sp³-hybridized carbons (Fsp3) is 0.350. The van der Waals surface area contributed by atoms with Crippen molar-refractivity contribution in [2.75, 3.05) is 26.2 Å². The van der Waals surface area contributed by atoms with Gasteiger partial charge < -0.3 is 14.0 Å². The van der Waals surface area contributed by atoms with E-state index in [4.69, 9.17) is 9.47 Å². The number of carbonyl (C=O) groups is 1. The Labute approximate surface area is 194 Å². The van der Waals surface area contributed by atoms with Crippen molar-refractivity contribution in [1.29, 1.82) is 0 Å². The summed E-state index contributed by atoms with van der Waals surface area (Å²) in [5.41, 5.74) is 1.20. The summed E-state index contributed by atoms with van der Waals surface area (Å²) in [6.07, 6.45) is -1.01. The van der Waals surface area contributed by atoms with Crippen molar-refractivity contribution in [3.05, 3.63) is 60.2 Å². The summed E-state index contributed by atoms with van der Waals surface area (Å²) in [5.74, 6) is -0.272. The molecule has 0 radical (unpaired) electrons. The number of likely N-dealkylation sites (N-methyl/N-ethyl adjacent to an activating group) is 1. The fourth-order valence-corrected chi connectivity index (χ4v) is 3.62. The summed E-state index contributed by atoms with van der Waals surface area (Å²) in [7, 11) is -4.50. The first-order chi connectivity index (χ1) is 13.3. The topological polar surface area (TPSA) is 89.9 Å². The standard InChI is InChI=1S/C20H25NO6S.Na.H/c1-3-21(4-2,16-17-10-6-5-7-11-17)14-15-26-20(22)27-18-12-8-9-13-19(18)28(23,24)25;;/h5-13H,3-4,14-16H2,1-2H3;;/p+1. The Morgan fingerprint density at radius 2 is 1.59 bits per heavy atom. The molecule has 0 saturated carbocycles. The second kappa shape index (κ2) is 11.7. The Hall–Kier alpha value is -1.42. The zero-order chi connectivity index (χ0) is 20.6. The first-order valence-corrected chi connectivity index (χ1v) is 10.5. The molecule has 29 heavy (non-hydrogen) atoms. The van der Waals surface area contributed by atoms with Crippen molar-refractivity contribution in [3.63, 3.8) is 0 Å². The molecule has 7 nitrogen and oxygen atoms in total. The van der Waals surface area contributed by atoms with Gasteiger partial charge >= 0.3 is 35.7 Å². The van der Waals surface area contributed by atoms with Crippen molar-refractivity contribution in [3.8, 4) is 5.75 Å². The number of rotatable bonds is 9. The van der Waals surface area contributed by atoms with Crippen LogP contribution in [-0.4, -0.2) is 79.4 Å². The monoisotopic (exact) mass is 432 g/mol. The predicted octanol–water partition coefficient (Wildman–Crippen LogP) is 2.86. The maximum atomic E-state index is 12.0. The minimum atomic E-state index is -4.50. The van der Waals surface area contributed by atoms with Crippen LogP contribution in [0, 0.1) is 0 Å². The van der Waals surface area contributed by atoms with Crippen LogP contribution in [0.2, 0.25) is 0 Å². The summed E-state index contributed by atoms with van der Waals surface area (Å²) in [6, 6.07) is 15.4. The first-order valence-electron chi connectivity index (χ1n) is 9.10. The summed E-state index contributed by atoms with van der Waals surface area (Å²) in [6.45, 7) is 7.46. The molecule has 0 aromatic heterocycles. The minimum absolute atomic E-state index is 0. The average Bonchev–Trinajstić information content (AvgIpc) is 2.67. The van der Waals surface area contributed by atoms with E-state index in [1.807, 2.05) is 18.2 Å². The molecule has 2 rings (SSSR count). The van der Waals surface area contributed by atoms with Gasteiger partial charge in [-0.2, -0.15) is 8.42 Å². The first kappa shape index (κ1) is 25.6. The normalized spacial score (nSPS) is 11.4. The number of hydrogen-bond acceptors (Lipinski definition) is 5. The number of nitrogens with zero attached hydrogens (tertiary/aromatic N) is 1. The molecule has 0 fully saturated rings. The number of ether oxygens (including phenoxy) is 2. The molecule has 2 aromatic rings. The SMILES string of the molecule is CC[N+](CC)(CCOC(=O)Oc1ccccc1S(=O)(=O)O)Cc1ccccc1.[NaH]. The second-order valence-corrected chi connectivity index (χ2v) is 7.85. The van der Waals surface area contributed by atoms with E-state index in [0.29, 0.717) is 6.54 Å². The molecule has 0 aliphatic heterocycles. The summed E-state index contributed by atoms with van der Waals surface area (Å²) < 4.78 is 42.8. The van der Waals surface area contributed by atoms with Crippen LogP contribution in [-0.2, 0) is 21.4 Å². The van der Waals surface area contributed by atoms with E-state index in [9.17, 15) is 17.8 Å². The van der Waals surface area contributed by atoms with Gasteiger partial charge in [-0.3, -0.25) is 4.55 Å². The molecule has 2 aromatic carbocycles. The number of benzene rings is 2. The van der Waals surface area contributed by atoms with Crippen LogP contribution in [0.25, 0.3) is 0 Å². The van der Waals surface area contributed by atoms with Crippen LogP contribution in [0.5, 0.6) is 5.75 Å². The van der Waals surface area contributed by atoms with Crippen molar-refractivity contribution < 1.29 is 31.7 Å².